The van der Waals surface area contributed by atoms with Crippen molar-refractivity contribution in [3.63, 3.8) is 0 Å². The molecule has 18 heavy (non-hydrogen) atoms. The van der Waals surface area contributed by atoms with E-state index in [2.05, 4.69) is 36.8 Å². The molecule has 1 N–H and O–H groups in total. The number of hydrogen-bond acceptors (Lipinski definition) is 2. The van der Waals surface area contributed by atoms with Gasteiger partial charge in [0.1, 0.15) is 10.5 Å². The standard InChI is InChI=1S/C15H22N2S/c1-15(2,3)14-16-12(10-13(18)17-14)11-8-6-4-5-7-9-11/h8,10H,4-7,9H2,1-3H3,(H,16,17,18). The zero-order chi connectivity index (χ0) is 13.2. The van der Waals surface area contributed by atoms with Crippen LogP contribution >= 0.6 is 12.2 Å². The molecular formula is C15H22N2S. The first-order chi connectivity index (χ1) is 8.47. The van der Waals surface area contributed by atoms with E-state index in [0.29, 0.717) is 4.64 Å². The minimum Gasteiger partial charge on any atom is -0.343 e. The van der Waals surface area contributed by atoms with Crippen molar-refractivity contribution in [2.75, 3.05) is 0 Å². The average Bonchev–Trinajstić information content (AvgIpc) is 2.55. The van der Waals surface area contributed by atoms with Crippen LogP contribution in [0.15, 0.2) is 12.1 Å². The van der Waals surface area contributed by atoms with Crippen molar-refractivity contribution in [1.29, 1.82) is 0 Å². The number of nitrogens with zero attached hydrogens (tertiary/aromatic N) is 1. The molecule has 0 bridgehead atoms. The summed E-state index contributed by atoms with van der Waals surface area (Å²) in [5, 5.41) is 0. The molecule has 1 aromatic rings. The van der Waals surface area contributed by atoms with Crippen LogP contribution in [0.2, 0.25) is 0 Å². The van der Waals surface area contributed by atoms with Gasteiger partial charge in [-0.2, -0.15) is 0 Å². The summed E-state index contributed by atoms with van der Waals surface area (Å²) in [5.41, 5.74) is 2.59. The van der Waals surface area contributed by atoms with E-state index in [1.165, 1.54) is 37.0 Å². The first-order valence-corrected chi connectivity index (χ1v) is 7.19. The van der Waals surface area contributed by atoms with Gasteiger partial charge in [-0.1, -0.05) is 45.5 Å². The first kappa shape index (κ1) is 13.5. The van der Waals surface area contributed by atoms with Gasteiger partial charge in [-0.05, 0) is 37.3 Å². The van der Waals surface area contributed by atoms with E-state index < -0.39 is 0 Å². The zero-order valence-electron chi connectivity index (χ0n) is 11.5. The molecular weight excluding hydrogens is 240 g/mol. The summed E-state index contributed by atoms with van der Waals surface area (Å²) < 4.78 is 0.693. The summed E-state index contributed by atoms with van der Waals surface area (Å²) in [5.74, 6) is 0.982. The molecule has 0 unspecified atom stereocenters. The Morgan fingerprint density at radius 2 is 2.00 bits per heavy atom. The molecule has 0 aliphatic heterocycles. The van der Waals surface area contributed by atoms with Crippen molar-refractivity contribution in [2.24, 2.45) is 0 Å². The number of aromatic amines is 1. The smallest absolute Gasteiger partial charge is 0.130 e. The molecule has 0 saturated carbocycles. The van der Waals surface area contributed by atoms with E-state index in [1.54, 1.807) is 0 Å². The quantitative estimate of drug-likeness (QED) is 0.737. The molecule has 3 heteroatoms. The van der Waals surface area contributed by atoms with Crippen LogP contribution in [0.25, 0.3) is 5.57 Å². The number of nitrogens with one attached hydrogen (secondary N) is 1. The molecule has 1 aromatic heterocycles. The van der Waals surface area contributed by atoms with Gasteiger partial charge in [0.05, 0.1) is 0 Å². The van der Waals surface area contributed by atoms with E-state index in [4.69, 9.17) is 12.2 Å². The Bertz CT molecular complexity index is 506. The van der Waals surface area contributed by atoms with Crippen molar-refractivity contribution < 1.29 is 0 Å². The number of allylic oxidation sites excluding steroid dienone is 2. The van der Waals surface area contributed by atoms with Gasteiger partial charge in [0, 0.05) is 11.1 Å². The fraction of sp³-hybridized carbons (Fsp3) is 0.600. The fourth-order valence-corrected chi connectivity index (χ4v) is 2.45. The molecule has 2 nitrogen and oxygen atoms in total. The van der Waals surface area contributed by atoms with Gasteiger partial charge in [0.2, 0.25) is 0 Å². The number of aromatic nitrogens is 2. The fourth-order valence-electron chi connectivity index (χ4n) is 2.25. The molecule has 1 aliphatic rings. The van der Waals surface area contributed by atoms with Gasteiger partial charge < -0.3 is 4.98 Å². The summed E-state index contributed by atoms with van der Waals surface area (Å²) >= 11 is 5.30. The normalized spacial score (nSPS) is 17.2. The molecule has 0 saturated heterocycles. The van der Waals surface area contributed by atoms with Crippen molar-refractivity contribution >= 4 is 17.8 Å². The third kappa shape index (κ3) is 3.29. The van der Waals surface area contributed by atoms with Crippen LogP contribution in [-0.4, -0.2) is 9.97 Å². The SMILES string of the molecule is CC(C)(C)c1nc(=S)cc(C2=CCCCCC2)[nH]1. The average molecular weight is 262 g/mol. The van der Waals surface area contributed by atoms with Crippen LogP contribution in [-0.2, 0) is 5.41 Å². The van der Waals surface area contributed by atoms with Crippen LogP contribution in [0.3, 0.4) is 0 Å². The lowest BCUT2D eigenvalue weighted by Crippen LogP contribution is -2.17. The predicted octanol–water partition coefficient (Wildman–Crippen LogP) is 4.78. The van der Waals surface area contributed by atoms with Crippen LogP contribution in [0.1, 0.15) is 64.4 Å². The highest BCUT2D eigenvalue weighted by Gasteiger charge is 2.17. The van der Waals surface area contributed by atoms with E-state index in [0.717, 1.165) is 12.2 Å². The summed E-state index contributed by atoms with van der Waals surface area (Å²) in [6.45, 7) is 6.48. The van der Waals surface area contributed by atoms with E-state index >= 15 is 0 Å². The van der Waals surface area contributed by atoms with E-state index in [9.17, 15) is 0 Å². The van der Waals surface area contributed by atoms with Gasteiger partial charge in [0.15, 0.2) is 0 Å². The number of rotatable bonds is 1. The third-order valence-electron chi connectivity index (χ3n) is 3.34. The molecule has 1 heterocycles. The minimum absolute atomic E-state index is 0.00879. The molecule has 0 atom stereocenters. The van der Waals surface area contributed by atoms with Crippen LogP contribution in [0, 0.1) is 4.64 Å². The second kappa shape index (κ2) is 5.35. The Morgan fingerprint density at radius 1 is 1.22 bits per heavy atom. The van der Waals surface area contributed by atoms with Crippen LogP contribution < -0.4 is 0 Å². The maximum Gasteiger partial charge on any atom is 0.130 e. The summed E-state index contributed by atoms with van der Waals surface area (Å²) in [6, 6.07) is 2.00. The highest BCUT2D eigenvalue weighted by atomic mass is 32.1. The molecule has 0 fully saturated rings. The lowest BCUT2D eigenvalue weighted by atomic mass is 9.95. The summed E-state index contributed by atoms with van der Waals surface area (Å²) in [7, 11) is 0. The molecule has 0 radical (unpaired) electrons. The highest BCUT2D eigenvalue weighted by molar-refractivity contribution is 7.71. The molecule has 0 spiro atoms. The Hall–Kier alpha value is -0.960. The van der Waals surface area contributed by atoms with Crippen molar-refractivity contribution in [3.8, 4) is 0 Å². The van der Waals surface area contributed by atoms with E-state index in [-0.39, 0.29) is 5.41 Å². The number of hydrogen-bond donors (Lipinski definition) is 1. The second-order valence-corrected chi connectivity index (χ2v) is 6.48. The summed E-state index contributed by atoms with van der Waals surface area (Å²) in [6.07, 6.45) is 8.61. The van der Waals surface area contributed by atoms with Gasteiger partial charge >= 0.3 is 0 Å². The van der Waals surface area contributed by atoms with Gasteiger partial charge in [0.25, 0.3) is 0 Å². The largest absolute Gasteiger partial charge is 0.343 e. The molecule has 0 amide bonds. The predicted molar refractivity (Wildman–Crippen MR) is 79.2 cm³/mol. The molecule has 2 rings (SSSR count). The maximum absolute atomic E-state index is 5.30. The summed E-state index contributed by atoms with van der Waals surface area (Å²) in [4.78, 5) is 7.93. The Balaban J connectivity index is 2.42. The van der Waals surface area contributed by atoms with Crippen molar-refractivity contribution in [2.45, 2.75) is 58.3 Å². The first-order valence-electron chi connectivity index (χ1n) is 6.78. The van der Waals surface area contributed by atoms with Gasteiger partial charge in [-0.3, -0.25) is 0 Å². The van der Waals surface area contributed by atoms with Crippen LogP contribution in [0.5, 0.6) is 0 Å². The molecule has 1 aliphatic carbocycles. The minimum atomic E-state index is 0.00879. The lowest BCUT2D eigenvalue weighted by molar-refractivity contribution is 0.543. The van der Waals surface area contributed by atoms with Gasteiger partial charge in [-0.15, -0.1) is 0 Å². The Kier molecular flexibility index (Phi) is 4.00. The zero-order valence-corrected chi connectivity index (χ0v) is 12.4. The van der Waals surface area contributed by atoms with Crippen molar-refractivity contribution in [3.05, 3.63) is 28.3 Å². The molecule has 98 valence electrons. The van der Waals surface area contributed by atoms with Crippen molar-refractivity contribution in [1.82, 2.24) is 9.97 Å². The number of H-pyrrole nitrogens is 1. The topological polar surface area (TPSA) is 28.7 Å². The van der Waals surface area contributed by atoms with Crippen LogP contribution in [0.4, 0.5) is 0 Å². The Labute approximate surface area is 115 Å². The van der Waals surface area contributed by atoms with E-state index in [1.807, 2.05) is 6.07 Å². The lowest BCUT2D eigenvalue weighted by Gasteiger charge is -2.19. The second-order valence-electron chi connectivity index (χ2n) is 6.06. The highest BCUT2D eigenvalue weighted by Crippen LogP contribution is 2.26. The maximum atomic E-state index is 5.30. The molecule has 0 aromatic carbocycles. The third-order valence-corrected chi connectivity index (χ3v) is 3.55. The Morgan fingerprint density at radius 3 is 2.72 bits per heavy atom. The van der Waals surface area contributed by atoms with Gasteiger partial charge in [-0.25, -0.2) is 4.98 Å². The monoisotopic (exact) mass is 262 g/mol.